The highest BCUT2D eigenvalue weighted by Gasteiger charge is 2.15. The van der Waals surface area contributed by atoms with Gasteiger partial charge in [0.1, 0.15) is 17.5 Å². The molecule has 25 heavy (non-hydrogen) atoms. The van der Waals surface area contributed by atoms with Crippen molar-refractivity contribution < 1.29 is 14.3 Å². The molecule has 1 aromatic carbocycles. The second-order valence-corrected chi connectivity index (χ2v) is 6.47. The number of ether oxygens (including phenoxy) is 2. The molecule has 1 aromatic heterocycles. The molecular formula is C16H15BrClN3O3S. The lowest BCUT2D eigenvalue weighted by Crippen LogP contribution is -2.34. The minimum atomic E-state index is -0.395. The summed E-state index contributed by atoms with van der Waals surface area (Å²) < 4.78 is 11.3. The maximum absolute atomic E-state index is 12.5. The number of nitrogens with one attached hydrogen (secondary N) is 2. The lowest BCUT2D eigenvalue weighted by Gasteiger charge is -2.13. The van der Waals surface area contributed by atoms with E-state index in [0.717, 1.165) is 4.47 Å². The number of pyridine rings is 1. The van der Waals surface area contributed by atoms with E-state index < -0.39 is 5.91 Å². The summed E-state index contributed by atoms with van der Waals surface area (Å²) in [5.41, 5.74) is 0.962. The molecular weight excluding hydrogens is 430 g/mol. The Morgan fingerprint density at radius 1 is 1.32 bits per heavy atom. The molecule has 2 N–H and O–H groups in total. The van der Waals surface area contributed by atoms with Gasteiger partial charge in [0.25, 0.3) is 5.91 Å². The molecule has 0 fully saturated rings. The summed E-state index contributed by atoms with van der Waals surface area (Å²) in [6.45, 7) is 0.748. The van der Waals surface area contributed by atoms with Gasteiger partial charge in [0.2, 0.25) is 0 Å². The van der Waals surface area contributed by atoms with Crippen LogP contribution in [-0.2, 0) is 4.74 Å². The van der Waals surface area contributed by atoms with Crippen LogP contribution in [0.2, 0.25) is 5.15 Å². The summed E-state index contributed by atoms with van der Waals surface area (Å²) in [7, 11) is 1.58. The standard InChI is InChI=1S/C16H15BrClN3O3S/c1-23-6-7-24-13-4-2-10(17)8-12(13)15(22)21-16(25)20-11-3-5-14(18)19-9-11/h2-5,8-9H,6-7H2,1H3,(H2,20,21,22,25). The van der Waals surface area contributed by atoms with Crippen molar-refractivity contribution in [3.8, 4) is 5.75 Å². The molecule has 2 rings (SSSR count). The molecule has 6 nitrogen and oxygen atoms in total. The predicted molar refractivity (Wildman–Crippen MR) is 104 cm³/mol. The van der Waals surface area contributed by atoms with Crippen LogP contribution in [0.25, 0.3) is 0 Å². The zero-order valence-corrected chi connectivity index (χ0v) is 16.4. The van der Waals surface area contributed by atoms with Gasteiger partial charge >= 0.3 is 0 Å². The smallest absolute Gasteiger partial charge is 0.261 e. The predicted octanol–water partition coefficient (Wildman–Crippen LogP) is 3.65. The van der Waals surface area contributed by atoms with E-state index in [4.69, 9.17) is 33.3 Å². The first-order valence-corrected chi connectivity index (χ1v) is 8.72. The quantitative estimate of drug-likeness (QED) is 0.402. The average Bonchev–Trinajstić information content (AvgIpc) is 2.58. The first-order valence-electron chi connectivity index (χ1n) is 7.15. The van der Waals surface area contributed by atoms with Crippen molar-refractivity contribution in [2.45, 2.75) is 0 Å². The number of methoxy groups -OCH3 is 1. The number of hydrogen-bond donors (Lipinski definition) is 2. The highest BCUT2D eigenvalue weighted by atomic mass is 79.9. The van der Waals surface area contributed by atoms with Gasteiger partial charge in [-0.3, -0.25) is 10.1 Å². The van der Waals surface area contributed by atoms with Gasteiger partial charge in [-0.25, -0.2) is 4.98 Å². The van der Waals surface area contributed by atoms with E-state index >= 15 is 0 Å². The molecule has 0 aliphatic carbocycles. The summed E-state index contributed by atoms with van der Waals surface area (Å²) in [6, 6.07) is 8.46. The topological polar surface area (TPSA) is 72.5 Å². The number of anilines is 1. The van der Waals surface area contributed by atoms with Gasteiger partial charge in [-0.2, -0.15) is 0 Å². The molecule has 0 radical (unpaired) electrons. The lowest BCUT2D eigenvalue weighted by atomic mass is 10.2. The van der Waals surface area contributed by atoms with Gasteiger partial charge in [0.15, 0.2) is 5.11 Å². The van der Waals surface area contributed by atoms with Crippen LogP contribution in [0.4, 0.5) is 5.69 Å². The van der Waals surface area contributed by atoms with Crippen LogP contribution in [-0.4, -0.2) is 36.3 Å². The summed E-state index contributed by atoms with van der Waals surface area (Å²) in [4.78, 5) is 16.4. The second-order valence-electron chi connectivity index (χ2n) is 4.76. The molecule has 0 saturated heterocycles. The Labute approximate surface area is 164 Å². The van der Waals surface area contributed by atoms with Crippen molar-refractivity contribution >= 4 is 56.5 Å². The van der Waals surface area contributed by atoms with Gasteiger partial charge in [-0.1, -0.05) is 27.5 Å². The largest absolute Gasteiger partial charge is 0.490 e. The molecule has 2 aromatic rings. The van der Waals surface area contributed by atoms with E-state index in [-0.39, 0.29) is 5.11 Å². The van der Waals surface area contributed by atoms with Gasteiger partial charge < -0.3 is 14.8 Å². The Hall–Kier alpha value is -1.74. The Morgan fingerprint density at radius 3 is 2.80 bits per heavy atom. The number of hydrogen-bond acceptors (Lipinski definition) is 5. The molecule has 0 saturated carbocycles. The van der Waals surface area contributed by atoms with Crippen LogP contribution in [0.15, 0.2) is 41.0 Å². The highest BCUT2D eigenvalue weighted by Crippen LogP contribution is 2.23. The van der Waals surface area contributed by atoms with Gasteiger partial charge in [0, 0.05) is 11.6 Å². The van der Waals surface area contributed by atoms with Crippen LogP contribution < -0.4 is 15.4 Å². The fraction of sp³-hybridized carbons (Fsp3) is 0.188. The second kappa shape index (κ2) is 9.67. The number of halogens is 2. The van der Waals surface area contributed by atoms with Crippen molar-refractivity contribution in [3.63, 3.8) is 0 Å². The van der Waals surface area contributed by atoms with Crippen LogP contribution >= 0.6 is 39.7 Å². The number of benzene rings is 1. The lowest BCUT2D eigenvalue weighted by molar-refractivity contribution is 0.0969. The molecule has 9 heteroatoms. The molecule has 0 bridgehead atoms. The average molecular weight is 445 g/mol. The number of carbonyl (C=O) groups is 1. The minimum Gasteiger partial charge on any atom is -0.490 e. The summed E-state index contributed by atoms with van der Waals surface area (Å²) in [6.07, 6.45) is 1.51. The summed E-state index contributed by atoms with van der Waals surface area (Å²) >= 11 is 14.2. The van der Waals surface area contributed by atoms with Crippen molar-refractivity contribution in [1.82, 2.24) is 10.3 Å². The van der Waals surface area contributed by atoms with E-state index in [0.29, 0.717) is 35.4 Å². The first kappa shape index (κ1) is 19.6. The number of carbonyl (C=O) groups excluding carboxylic acids is 1. The van der Waals surface area contributed by atoms with E-state index in [1.165, 1.54) is 6.20 Å². The molecule has 0 spiro atoms. The maximum atomic E-state index is 12.5. The van der Waals surface area contributed by atoms with Crippen molar-refractivity contribution in [3.05, 3.63) is 51.7 Å². The Bertz CT molecular complexity index is 759. The first-order chi connectivity index (χ1) is 12.0. The van der Waals surface area contributed by atoms with Gasteiger partial charge in [-0.15, -0.1) is 0 Å². The summed E-state index contributed by atoms with van der Waals surface area (Å²) in [5.74, 6) is 0.0434. The van der Waals surface area contributed by atoms with E-state index in [2.05, 4.69) is 31.5 Å². The number of nitrogens with zero attached hydrogens (tertiary/aromatic N) is 1. The zero-order chi connectivity index (χ0) is 18.2. The third-order valence-electron chi connectivity index (χ3n) is 2.94. The third-order valence-corrected chi connectivity index (χ3v) is 3.86. The van der Waals surface area contributed by atoms with Crippen molar-refractivity contribution in [1.29, 1.82) is 0 Å². The van der Waals surface area contributed by atoms with Crippen LogP contribution in [0.1, 0.15) is 10.4 Å². The molecule has 132 valence electrons. The SMILES string of the molecule is COCCOc1ccc(Br)cc1C(=O)NC(=S)Nc1ccc(Cl)nc1. The number of aromatic nitrogens is 1. The van der Waals surface area contributed by atoms with E-state index in [1.54, 1.807) is 37.4 Å². The third kappa shape index (κ3) is 6.24. The number of rotatable bonds is 6. The Kier molecular flexibility index (Phi) is 7.57. The maximum Gasteiger partial charge on any atom is 0.261 e. The Balaban J connectivity index is 2.04. The van der Waals surface area contributed by atoms with Gasteiger partial charge in [-0.05, 0) is 42.5 Å². The highest BCUT2D eigenvalue weighted by molar-refractivity contribution is 9.10. The summed E-state index contributed by atoms with van der Waals surface area (Å²) in [5, 5.41) is 5.97. The molecule has 0 aliphatic rings. The molecule has 0 unspecified atom stereocenters. The zero-order valence-electron chi connectivity index (χ0n) is 13.2. The van der Waals surface area contributed by atoms with Crippen LogP contribution in [0.5, 0.6) is 5.75 Å². The molecule has 0 atom stereocenters. The fourth-order valence-corrected chi connectivity index (χ4v) is 2.51. The fourth-order valence-electron chi connectivity index (χ4n) is 1.82. The minimum absolute atomic E-state index is 0.136. The van der Waals surface area contributed by atoms with Gasteiger partial charge in [0.05, 0.1) is 24.1 Å². The monoisotopic (exact) mass is 443 g/mol. The number of thiocarbonyl (C=S) groups is 1. The normalized spacial score (nSPS) is 10.2. The van der Waals surface area contributed by atoms with Crippen molar-refractivity contribution in [2.75, 3.05) is 25.6 Å². The molecule has 0 aliphatic heterocycles. The Morgan fingerprint density at radius 2 is 2.12 bits per heavy atom. The van der Waals surface area contributed by atoms with Crippen molar-refractivity contribution in [2.24, 2.45) is 0 Å². The van der Waals surface area contributed by atoms with E-state index in [1.807, 2.05) is 0 Å². The molecule has 1 amide bonds. The van der Waals surface area contributed by atoms with Crippen LogP contribution in [0.3, 0.4) is 0 Å². The number of amides is 1. The van der Waals surface area contributed by atoms with E-state index in [9.17, 15) is 4.79 Å². The van der Waals surface area contributed by atoms with Crippen LogP contribution in [0, 0.1) is 0 Å². The molecule has 1 heterocycles.